The number of carbonyl (C=O) groups is 2. The van der Waals surface area contributed by atoms with Crippen molar-refractivity contribution in [2.24, 2.45) is 0 Å². The molecule has 15 heavy (non-hydrogen) atoms. The van der Waals surface area contributed by atoms with Crippen molar-refractivity contribution in [3.05, 3.63) is 22.8 Å². The van der Waals surface area contributed by atoms with Gasteiger partial charge in [0.05, 0.1) is 12.7 Å². The predicted molar refractivity (Wildman–Crippen MR) is 51.2 cm³/mol. The average molecular weight is 210 g/mol. The second-order valence-corrected chi connectivity index (χ2v) is 2.96. The lowest BCUT2D eigenvalue weighted by molar-refractivity contribution is 0.0594. The smallest absolute Gasteiger partial charge is 0.345 e. The maximum absolute atomic E-state index is 11.2. The summed E-state index contributed by atoms with van der Waals surface area (Å²) in [7, 11) is 1.11. The van der Waals surface area contributed by atoms with E-state index in [4.69, 9.17) is 0 Å². The number of aryl methyl sites for hydroxylation is 1. The molecule has 0 aromatic heterocycles. The summed E-state index contributed by atoms with van der Waals surface area (Å²) >= 11 is 0. The highest BCUT2D eigenvalue weighted by molar-refractivity contribution is 5.99. The molecule has 2 N–H and O–H groups in total. The maximum Gasteiger partial charge on any atom is 0.345 e. The molecule has 80 valence electrons. The number of methoxy groups -OCH3 is 1. The molecule has 0 fully saturated rings. The molecule has 5 heteroatoms. The molecule has 5 nitrogen and oxygen atoms in total. The van der Waals surface area contributed by atoms with Crippen molar-refractivity contribution >= 4 is 12.3 Å². The van der Waals surface area contributed by atoms with Crippen molar-refractivity contribution in [3.8, 4) is 11.5 Å². The molecule has 0 amide bonds. The molecule has 0 radical (unpaired) electrons. The molecule has 1 aromatic rings. The molecular formula is C10H10O5. The number of esters is 1. The van der Waals surface area contributed by atoms with Gasteiger partial charge in [-0.05, 0) is 18.6 Å². The van der Waals surface area contributed by atoms with Gasteiger partial charge in [0.15, 0.2) is 6.29 Å². The van der Waals surface area contributed by atoms with Gasteiger partial charge in [-0.2, -0.15) is 0 Å². The van der Waals surface area contributed by atoms with Crippen LogP contribution in [-0.4, -0.2) is 29.6 Å². The Hall–Kier alpha value is -2.04. The van der Waals surface area contributed by atoms with Gasteiger partial charge in [-0.1, -0.05) is 0 Å². The number of carbonyl (C=O) groups excluding carboxylic acids is 2. The minimum Gasteiger partial charge on any atom is -0.507 e. The predicted octanol–water partition coefficient (Wildman–Crippen LogP) is 1.01. The van der Waals surface area contributed by atoms with Crippen LogP contribution in [0.2, 0.25) is 0 Å². The molecule has 0 atom stereocenters. The molecule has 0 bridgehead atoms. The Morgan fingerprint density at radius 3 is 2.53 bits per heavy atom. The average Bonchev–Trinajstić information content (AvgIpc) is 2.17. The first-order valence-corrected chi connectivity index (χ1v) is 4.12. The lowest BCUT2D eigenvalue weighted by Crippen LogP contribution is -2.04. The van der Waals surface area contributed by atoms with E-state index in [1.165, 1.54) is 13.0 Å². The van der Waals surface area contributed by atoms with Crippen LogP contribution < -0.4 is 0 Å². The van der Waals surface area contributed by atoms with Gasteiger partial charge < -0.3 is 14.9 Å². The van der Waals surface area contributed by atoms with Crippen LogP contribution in [-0.2, 0) is 4.74 Å². The lowest BCUT2D eigenvalue weighted by atomic mass is 10.0. The normalized spacial score (nSPS) is 9.73. The molecule has 1 rings (SSSR count). The summed E-state index contributed by atoms with van der Waals surface area (Å²) in [5, 5.41) is 19.0. The van der Waals surface area contributed by atoms with Gasteiger partial charge in [-0.25, -0.2) is 4.79 Å². The maximum atomic E-state index is 11.2. The molecule has 0 aliphatic carbocycles. The van der Waals surface area contributed by atoms with Gasteiger partial charge in [-0.15, -0.1) is 0 Å². The Kier molecular flexibility index (Phi) is 2.94. The summed E-state index contributed by atoms with van der Waals surface area (Å²) in [5.74, 6) is -1.87. The van der Waals surface area contributed by atoms with Crippen LogP contribution in [0, 0.1) is 6.92 Å². The Balaban J connectivity index is 3.52. The van der Waals surface area contributed by atoms with Gasteiger partial charge in [0, 0.05) is 0 Å². The summed E-state index contributed by atoms with van der Waals surface area (Å²) in [5.41, 5.74) is -0.0500. The third-order valence-corrected chi connectivity index (χ3v) is 2.03. The fourth-order valence-corrected chi connectivity index (χ4v) is 1.25. The third kappa shape index (κ3) is 1.76. The third-order valence-electron chi connectivity index (χ3n) is 2.03. The van der Waals surface area contributed by atoms with Crippen LogP contribution in [0.25, 0.3) is 0 Å². The summed E-state index contributed by atoms with van der Waals surface area (Å²) in [6, 6.07) is 1.22. The molecule has 0 spiro atoms. The van der Waals surface area contributed by atoms with Crippen molar-refractivity contribution in [2.75, 3.05) is 7.11 Å². The zero-order valence-corrected chi connectivity index (χ0v) is 8.27. The Morgan fingerprint density at radius 2 is 2.07 bits per heavy atom. The van der Waals surface area contributed by atoms with Crippen LogP contribution in [0.5, 0.6) is 11.5 Å². The summed E-state index contributed by atoms with van der Waals surface area (Å²) in [6.07, 6.45) is 0.413. The molecule has 0 aliphatic heterocycles. The zero-order chi connectivity index (χ0) is 11.6. The van der Waals surface area contributed by atoms with Crippen LogP contribution in [0.4, 0.5) is 0 Å². The number of aromatic hydroxyl groups is 2. The monoisotopic (exact) mass is 210 g/mol. The minimum absolute atomic E-state index is 0.0341. The van der Waals surface area contributed by atoms with E-state index >= 15 is 0 Å². The van der Waals surface area contributed by atoms with E-state index in [2.05, 4.69) is 4.74 Å². The largest absolute Gasteiger partial charge is 0.507 e. The van der Waals surface area contributed by atoms with Crippen LogP contribution in [0.3, 0.4) is 0 Å². The number of hydrogen-bond donors (Lipinski definition) is 2. The van der Waals surface area contributed by atoms with Crippen LogP contribution >= 0.6 is 0 Å². The molecule has 1 aromatic carbocycles. The lowest BCUT2D eigenvalue weighted by Gasteiger charge is -2.09. The van der Waals surface area contributed by atoms with Gasteiger partial charge in [0.1, 0.15) is 17.1 Å². The fraction of sp³-hybridized carbons (Fsp3) is 0.200. The number of aldehydes is 1. The standard InChI is InChI=1S/C10H10O5/c1-5-3-7(12)8(10(14)15-2)9(13)6(5)4-11/h3-4,12-13H,1-2H3. The van der Waals surface area contributed by atoms with Crippen molar-refractivity contribution in [3.63, 3.8) is 0 Å². The number of benzene rings is 1. The quantitative estimate of drug-likeness (QED) is 0.562. The van der Waals surface area contributed by atoms with Gasteiger partial charge in [0.25, 0.3) is 0 Å². The number of hydrogen-bond acceptors (Lipinski definition) is 5. The van der Waals surface area contributed by atoms with E-state index in [0.717, 1.165) is 7.11 Å². The first-order valence-electron chi connectivity index (χ1n) is 4.12. The number of ether oxygens (including phenoxy) is 1. The number of phenols is 2. The number of phenolic OH excluding ortho intramolecular Hbond substituents is 2. The van der Waals surface area contributed by atoms with Crippen LogP contribution in [0.15, 0.2) is 6.07 Å². The second kappa shape index (κ2) is 4.00. The molecule has 0 saturated carbocycles. The molecule has 0 saturated heterocycles. The van der Waals surface area contributed by atoms with Crippen molar-refractivity contribution in [1.82, 2.24) is 0 Å². The Morgan fingerprint density at radius 1 is 1.47 bits per heavy atom. The first-order chi connectivity index (χ1) is 7.02. The Bertz CT molecular complexity index is 422. The topological polar surface area (TPSA) is 83.8 Å². The SMILES string of the molecule is COC(=O)c1c(O)cc(C)c(C=O)c1O. The van der Waals surface area contributed by atoms with Gasteiger partial charge in [0.2, 0.25) is 0 Å². The Labute approximate surface area is 85.9 Å². The summed E-state index contributed by atoms with van der Waals surface area (Å²) in [4.78, 5) is 21.8. The first kappa shape index (κ1) is 11.0. The van der Waals surface area contributed by atoms with E-state index in [1.54, 1.807) is 0 Å². The second-order valence-electron chi connectivity index (χ2n) is 2.96. The van der Waals surface area contributed by atoms with E-state index < -0.39 is 23.0 Å². The molecule has 0 aliphatic rings. The van der Waals surface area contributed by atoms with E-state index in [0.29, 0.717) is 11.8 Å². The van der Waals surface area contributed by atoms with Crippen molar-refractivity contribution < 1.29 is 24.5 Å². The van der Waals surface area contributed by atoms with Crippen LogP contribution in [0.1, 0.15) is 26.3 Å². The molecular weight excluding hydrogens is 200 g/mol. The summed E-state index contributed by atoms with van der Waals surface area (Å²) < 4.78 is 4.36. The molecule has 0 unspecified atom stereocenters. The minimum atomic E-state index is -0.895. The van der Waals surface area contributed by atoms with Crippen molar-refractivity contribution in [1.29, 1.82) is 0 Å². The van der Waals surface area contributed by atoms with E-state index in [9.17, 15) is 19.8 Å². The number of rotatable bonds is 2. The highest BCUT2D eigenvalue weighted by Crippen LogP contribution is 2.32. The summed E-state index contributed by atoms with van der Waals surface area (Å²) in [6.45, 7) is 1.53. The fourth-order valence-electron chi connectivity index (χ4n) is 1.25. The zero-order valence-electron chi connectivity index (χ0n) is 8.27. The van der Waals surface area contributed by atoms with E-state index in [1.807, 2.05) is 0 Å². The molecule has 0 heterocycles. The van der Waals surface area contributed by atoms with E-state index in [-0.39, 0.29) is 5.56 Å². The van der Waals surface area contributed by atoms with Gasteiger partial charge in [-0.3, -0.25) is 4.79 Å². The van der Waals surface area contributed by atoms with Gasteiger partial charge >= 0.3 is 5.97 Å². The van der Waals surface area contributed by atoms with Crippen molar-refractivity contribution in [2.45, 2.75) is 6.92 Å². The highest BCUT2D eigenvalue weighted by atomic mass is 16.5. The highest BCUT2D eigenvalue weighted by Gasteiger charge is 2.21.